The second-order valence-electron chi connectivity index (χ2n) is 6.53. The predicted octanol–water partition coefficient (Wildman–Crippen LogP) is 4.35. The number of rotatable bonds is 4. The van der Waals surface area contributed by atoms with Gasteiger partial charge < -0.3 is 9.73 Å². The van der Waals surface area contributed by atoms with E-state index in [0.717, 1.165) is 38.7 Å². The van der Waals surface area contributed by atoms with E-state index in [1.165, 1.54) is 6.33 Å². The quantitative estimate of drug-likeness (QED) is 0.512. The van der Waals surface area contributed by atoms with Crippen molar-refractivity contribution >= 4 is 33.3 Å². The highest BCUT2D eigenvalue weighted by molar-refractivity contribution is 6.09. The Labute approximate surface area is 160 Å². The first-order valence-corrected chi connectivity index (χ1v) is 8.91. The van der Waals surface area contributed by atoms with Crippen molar-refractivity contribution in [3.63, 3.8) is 0 Å². The number of hydrogen-bond acceptors (Lipinski definition) is 4. The Kier molecular flexibility index (Phi) is 3.87. The first-order chi connectivity index (χ1) is 13.8. The first kappa shape index (κ1) is 16.3. The van der Waals surface area contributed by atoms with Crippen LogP contribution in [0.4, 0.5) is 5.69 Å². The van der Waals surface area contributed by atoms with Gasteiger partial charge in [0.15, 0.2) is 0 Å². The summed E-state index contributed by atoms with van der Waals surface area (Å²) in [6.45, 7) is 0. The molecule has 0 atom stereocenters. The van der Waals surface area contributed by atoms with Gasteiger partial charge in [0.1, 0.15) is 18.2 Å². The molecule has 0 unspecified atom stereocenters. The van der Waals surface area contributed by atoms with Gasteiger partial charge in [-0.1, -0.05) is 30.3 Å². The van der Waals surface area contributed by atoms with E-state index in [-0.39, 0.29) is 12.3 Å². The molecule has 0 aliphatic heterocycles. The predicted molar refractivity (Wildman–Crippen MR) is 107 cm³/mol. The Bertz CT molecular complexity index is 1270. The minimum atomic E-state index is -0.0934. The second-order valence-corrected chi connectivity index (χ2v) is 6.53. The molecule has 0 bridgehead atoms. The van der Waals surface area contributed by atoms with Crippen LogP contribution in [-0.2, 0) is 11.2 Å². The molecule has 1 amide bonds. The van der Waals surface area contributed by atoms with Gasteiger partial charge in [-0.2, -0.15) is 5.10 Å². The number of amides is 1. The largest absolute Gasteiger partial charge is 0.464 e. The summed E-state index contributed by atoms with van der Waals surface area (Å²) in [5, 5.41) is 10.2. The Morgan fingerprint density at radius 2 is 1.89 bits per heavy atom. The van der Waals surface area contributed by atoms with Crippen LogP contribution in [0.5, 0.6) is 0 Å². The van der Waals surface area contributed by atoms with Gasteiger partial charge in [-0.05, 0) is 41.1 Å². The smallest absolute Gasteiger partial charge is 0.228 e. The van der Waals surface area contributed by atoms with E-state index in [9.17, 15) is 4.79 Å². The minimum Gasteiger partial charge on any atom is -0.464 e. The van der Waals surface area contributed by atoms with Crippen molar-refractivity contribution in [2.24, 2.45) is 0 Å². The highest BCUT2D eigenvalue weighted by atomic mass is 16.3. The first-order valence-electron chi connectivity index (χ1n) is 8.91. The number of benzene rings is 3. The summed E-state index contributed by atoms with van der Waals surface area (Å²) in [6, 6.07) is 19.5. The van der Waals surface area contributed by atoms with Crippen molar-refractivity contribution in [3.8, 4) is 5.69 Å². The Morgan fingerprint density at radius 3 is 2.71 bits per heavy atom. The second kappa shape index (κ2) is 6.66. The standard InChI is InChI=1S/C22H16N4O2/c27-21(25-17-6-8-18(9-7-17)26-14-23-13-24-26)11-16-12-28-20-10-5-15-3-1-2-4-19(15)22(16)20/h1-10,12-14H,11H2,(H,25,27). The summed E-state index contributed by atoms with van der Waals surface area (Å²) in [5.41, 5.74) is 3.27. The summed E-state index contributed by atoms with van der Waals surface area (Å²) < 4.78 is 7.33. The molecule has 0 aliphatic rings. The summed E-state index contributed by atoms with van der Waals surface area (Å²) in [7, 11) is 0. The number of fused-ring (bicyclic) bond motifs is 3. The third kappa shape index (κ3) is 2.91. The van der Waals surface area contributed by atoms with E-state index in [1.54, 1.807) is 17.3 Å². The zero-order valence-electron chi connectivity index (χ0n) is 14.9. The molecule has 6 heteroatoms. The molecule has 2 heterocycles. The molecule has 136 valence electrons. The lowest BCUT2D eigenvalue weighted by Gasteiger charge is -2.07. The van der Waals surface area contributed by atoms with Crippen LogP contribution in [0.25, 0.3) is 27.4 Å². The highest BCUT2D eigenvalue weighted by Crippen LogP contribution is 2.30. The minimum absolute atomic E-state index is 0.0934. The normalized spacial score (nSPS) is 11.1. The lowest BCUT2D eigenvalue weighted by atomic mass is 10.0. The number of anilines is 1. The van der Waals surface area contributed by atoms with Crippen molar-refractivity contribution in [2.45, 2.75) is 6.42 Å². The van der Waals surface area contributed by atoms with Crippen molar-refractivity contribution < 1.29 is 9.21 Å². The summed E-state index contributed by atoms with van der Waals surface area (Å²) in [5.74, 6) is -0.0934. The van der Waals surface area contributed by atoms with Crippen LogP contribution in [0.3, 0.4) is 0 Å². The van der Waals surface area contributed by atoms with E-state index < -0.39 is 0 Å². The molecule has 0 fully saturated rings. The van der Waals surface area contributed by atoms with Crippen LogP contribution in [0.15, 0.2) is 84.0 Å². The Morgan fingerprint density at radius 1 is 1.04 bits per heavy atom. The summed E-state index contributed by atoms with van der Waals surface area (Å²) in [6.07, 6.45) is 5.02. The SMILES string of the molecule is O=C(Cc1coc2ccc3ccccc3c12)Nc1ccc(-n2cncn2)cc1. The Balaban J connectivity index is 1.38. The molecule has 2 aromatic heterocycles. The third-order valence-corrected chi connectivity index (χ3v) is 4.73. The maximum Gasteiger partial charge on any atom is 0.228 e. The van der Waals surface area contributed by atoms with Gasteiger partial charge >= 0.3 is 0 Å². The number of nitrogens with zero attached hydrogens (tertiary/aromatic N) is 3. The van der Waals surface area contributed by atoms with Gasteiger partial charge in [0.25, 0.3) is 0 Å². The summed E-state index contributed by atoms with van der Waals surface area (Å²) >= 11 is 0. The topological polar surface area (TPSA) is 73.0 Å². The average molecular weight is 368 g/mol. The lowest BCUT2D eigenvalue weighted by Crippen LogP contribution is -2.14. The average Bonchev–Trinajstić information content (AvgIpc) is 3.39. The van der Waals surface area contributed by atoms with E-state index in [1.807, 2.05) is 48.5 Å². The van der Waals surface area contributed by atoms with Crippen LogP contribution >= 0.6 is 0 Å². The molecular weight excluding hydrogens is 352 g/mol. The van der Waals surface area contributed by atoms with Crippen LogP contribution in [0, 0.1) is 0 Å². The fourth-order valence-electron chi connectivity index (χ4n) is 3.42. The number of carbonyl (C=O) groups excluding carboxylic acids is 1. The van der Waals surface area contributed by atoms with Crippen LogP contribution < -0.4 is 5.32 Å². The maximum absolute atomic E-state index is 12.6. The zero-order valence-corrected chi connectivity index (χ0v) is 14.9. The molecule has 5 rings (SSSR count). The number of nitrogens with one attached hydrogen (secondary N) is 1. The van der Waals surface area contributed by atoms with E-state index >= 15 is 0 Å². The molecule has 28 heavy (non-hydrogen) atoms. The molecule has 5 aromatic rings. The molecule has 6 nitrogen and oxygen atoms in total. The van der Waals surface area contributed by atoms with Gasteiger partial charge in [-0.15, -0.1) is 0 Å². The molecular formula is C22H16N4O2. The fourth-order valence-corrected chi connectivity index (χ4v) is 3.42. The van der Waals surface area contributed by atoms with E-state index in [0.29, 0.717) is 0 Å². The number of furan rings is 1. The molecule has 0 saturated carbocycles. The third-order valence-electron chi connectivity index (χ3n) is 4.73. The van der Waals surface area contributed by atoms with Crippen LogP contribution in [0.2, 0.25) is 0 Å². The molecule has 0 spiro atoms. The van der Waals surface area contributed by atoms with Gasteiger partial charge in [-0.25, -0.2) is 9.67 Å². The van der Waals surface area contributed by atoms with Crippen LogP contribution in [0.1, 0.15) is 5.56 Å². The highest BCUT2D eigenvalue weighted by Gasteiger charge is 2.13. The molecule has 0 saturated heterocycles. The molecule has 0 aliphatic carbocycles. The van der Waals surface area contributed by atoms with E-state index in [2.05, 4.69) is 27.5 Å². The molecule has 1 N–H and O–H groups in total. The molecule has 0 radical (unpaired) electrons. The number of aromatic nitrogens is 3. The molecule has 3 aromatic carbocycles. The lowest BCUT2D eigenvalue weighted by molar-refractivity contribution is -0.115. The van der Waals surface area contributed by atoms with Gasteiger partial charge in [0.2, 0.25) is 5.91 Å². The van der Waals surface area contributed by atoms with Gasteiger partial charge in [0, 0.05) is 16.6 Å². The Hall–Kier alpha value is -3.93. The van der Waals surface area contributed by atoms with E-state index in [4.69, 9.17) is 4.42 Å². The van der Waals surface area contributed by atoms with Crippen molar-refractivity contribution in [3.05, 3.63) is 85.1 Å². The van der Waals surface area contributed by atoms with Crippen molar-refractivity contribution in [1.29, 1.82) is 0 Å². The monoisotopic (exact) mass is 368 g/mol. The summed E-state index contributed by atoms with van der Waals surface area (Å²) in [4.78, 5) is 16.5. The maximum atomic E-state index is 12.6. The van der Waals surface area contributed by atoms with Gasteiger partial charge in [0.05, 0.1) is 18.4 Å². The van der Waals surface area contributed by atoms with Crippen LogP contribution in [-0.4, -0.2) is 20.7 Å². The fraction of sp³-hybridized carbons (Fsp3) is 0.0455. The number of carbonyl (C=O) groups is 1. The zero-order chi connectivity index (χ0) is 18.9. The van der Waals surface area contributed by atoms with Crippen molar-refractivity contribution in [2.75, 3.05) is 5.32 Å². The van der Waals surface area contributed by atoms with Gasteiger partial charge in [-0.3, -0.25) is 4.79 Å². The number of hydrogen-bond donors (Lipinski definition) is 1. The van der Waals surface area contributed by atoms with Crippen molar-refractivity contribution in [1.82, 2.24) is 14.8 Å².